The van der Waals surface area contributed by atoms with E-state index >= 15 is 0 Å². The maximum atomic E-state index is 12.2. The number of hydrogen-bond acceptors (Lipinski definition) is 2. The highest BCUT2D eigenvalue weighted by Crippen LogP contribution is 2.11. The van der Waals surface area contributed by atoms with Gasteiger partial charge in [-0.15, -0.1) is 0 Å². The van der Waals surface area contributed by atoms with Gasteiger partial charge in [-0.2, -0.15) is 0 Å². The molecule has 0 aliphatic heterocycles. The van der Waals surface area contributed by atoms with Crippen molar-refractivity contribution in [1.29, 1.82) is 0 Å². The van der Waals surface area contributed by atoms with E-state index in [1.165, 1.54) is 4.57 Å². The van der Waals surface area contributed by atoms with Crippen molar-refractivity contribution in [2.24, 2.45) is 5.92 Å². The van der Waals surface area contributed by atoms with E-state index in [1.807, 2.05) is 0 Å². The van der Waals surface area contributed by atoms with E-state index in [0.717, 1.165) is 12.2 Å². The minimum atomic E-state index is -2.35. The van der Waals surface area contributed by atoms with Crippen LogP contribution in [-0.2, 0) is 6.54 Å². The van der Waals surface area contributed by atoms with Crippen LogP contribution >= 0.6 is 0 Å². The Hall–Kier alpha value is -1.13. The van der Waals surface area contributed by atoms with Crippen molar-refractivity contribution in [3.63, 3.8) is 0 Å². The van der Waals surface area contributed by atoms with Gasteiger partial charge in [-0.25, -0.2) is 13.8 Å². The number of imidazole rings is 1. The van der Waals surface area contributed by atoms with Crippen LogP contribution in [0.15, 0.2) is 6.20 Å². The van der Waals surface area contributed by atoms with Gasteiger partial charge in [-0.05, 0) is 12.8 Å². The summed E-state index contributed by atoms with van der Waals surface area (Å²) in [6.45, 7) is 6.34. The Morgan fingerprint density at radius 2 is 2.13 bits per heavy atom. The molecule has 0 fully saturated rings. The van der Waals surface area contributed by atoms with Crippen molar-refractivity contribution < 1.29 is 8.78 Å². The molecule has 0 unspecified atom stereocenters. The van der Waals surface area contributed by atoms with Crippen LogP contribution in [0, 0.1) is 12.8 Å². The minimum absolute atomic E-state index is 0.304. The average Bonchev–Trinajstić information content (AvgIpc) is 2.41. The molecular weight excluding hydrogens is 200 g/mol. The van der Waals surface area contributed by atoms with Gasteiger partial charge in [0.2, 0.25) is 5.95 Å². The Labute approximate surface area is 88.5 Å². The van der Waals surface area contributed by atoms with Crippen molar-refractivity contribution in [3.8, 4) is 0 Å². The van der Waals surface area contributed by atoms with E-state index in [1.54, 1.807) is 13.1 Å². The Kier molecular flexibility index (Phi) is 4.05. The van der Waals surface area contributed by atoms with Gasteiger partial charge >= 0.3 is 0 Å². The normalized spacial score (nSPS) is 11.4. The Morgan fingerprint density at radius 1 is 1.47 bits per heavy atom. The lowest BCUT2D eigenvalue weighted by Gasteiger charge is -2.10. The van der Waals surface area contributed by atoms with Crippen molar-refractivity contribution >= 4 is 5.95 Å². The number of hydrogen-bond donors (Lipinski definition) is 1. The Balaban J connectivity index is 2.68. The van der Waals surface area contributed by atoms with Gasteiger partial charge in [0, 0.05) is 12.7 Å². The third kappa shape index (κ3) is 3.85. The summed E-state index contributed by atoms with van der Waals surface area (Å²) >= 11 is 0. The van der Waals surface area contributed by atoms with Gasteiger partial charge in [-0.1, -0.05) is 13.8 Å². The zero-order valence-corrected chi connectivity index (χ0v) is 9.30. The highest BCUT2D eigenvalue weighted by atomic mass is 19.3. The standard InChI is InChI=1S/C10H17F2N3/c1-7(2)4-13-10-14-8(3)5-15(10)6-9(11)12/h5,7,9H,4,6H2,1-3H3,(H,13,14). The second kappa shape index (κ2) is 5.09. The van der Waals surface area contributed by atoms with Crippen molar-refractivity contribution in [3.05, 3.63) is 11.9 Å². The van der Waals surface area contributed by atoms with Gasteiger partial charge in [-0.3, -0.25) is 0 Å². The number of nitrogens with zero attached hydrogens (tertiary/aromatic N) is 2. The number of alkyl halides is 2. The maximum absolute atomic E-state index is 12.2. The van der Waals surface area contributed by atoms with Gasteiger partial charge in [0.15, 0.2) is 0 Å². The lowest BCUT2D eigenvalue weighted by Crippen LogP contribution is -2.14. The number of nitrogens with one attached hydrogen (secondary N) is 1. The summed E-state index contributed by atoms with van der Waals surface area (Å²) in [5, 5.41) is 3.06. The second-order valence-electron chi connectivity index (χ2n) is 4.02. The van der Waals surface area contributed by atoms with E-state index < -0.39 is 6.43 Å². The number of rotatable bonds is 5. The number of aryl methyl sites for hydroxylation is 1. The number of aromatic nitrogens is 2. The minimum Gasteiger partial charge on any atom is -0.355 e. The van der Waals surface area contributed by atoms with Gasteiger partial charge < -0.3 is 9.88 Å². The molecule has 1 rings (SSSR count). The molecule has 15 heavy (non-hydrogen) atoms. The number of anilines is 1. The van der Waals surface area contributed by atoms with Gasteiger partial charge in [0.25, 0.3) is 6.43 Å². The van der Waals surface area contributed by atoms with Crippen molar-refractivity contribution in [2.75, 3.05) is 11.9 Å². The first kappa shape index (κ1) is 11.9. The van der Waals surface area contributed by atoms with Crippen molar-refractivity contribution in [2.45, 2.75) is 33.7 Å². The fourth-order valence-electron chi connectivity index (χ4n) is 1.27. The number of halogens is 2. The largest absolute Gasteiger partial charge is 0.355 e. The molecule has 5 heteroatoms. The van der Waals surface area contributed by atoms with Crippen LogP contribution in [0.4, 0.5) is 14.7 Å². The Morgan fingerprint density at radius 3 is 2.67 bits per heavy atom. The first-order valence-electron chi connectivity index (χ1n) is 5.05. The third-order valence-electron chi connectivity index (χ3n) is 1.90. The summed E-state index contributed by atoms with van der Waals surface area (Å²) in [4.78, 5) is 4.15. The monoisotopic (exact) mass is 217 g/mol. The fourth-order valence-corrected chi connectivity index (χ4v) is 1.27. The molecule has 0 bridgehead atoms. The summed E-state index contributed by atoms with van der Waals surface area (Å²) < 4.78 is 25.9. The molecule has 3 nitrogen and oxygen atoms in total. The molecule has 0 saturated heterocycles. The van der Waals surface area contributed by atoms with Crippen LogP contribution in [0.1, 0.15) is 19.5 Å². The van der Waals surface area contributed by atoms with E-state index in [-0.39, 0.29) is 6.54 Å². The average molecular weight is 217 g/mol. The molecule has 1 aromatic heterocycles. The highest BCUT2D eigenvalue weighted by molar-refractivity contribution is 5.28. The summed E-state index contributed by atoms with van der Waals surface area (Å²) in [5.41, 5.74) is 0.752. The highest BCUT2D eigenvalue weighted by Gasteiger charge is 2.10. The molecule has 86 valence electrons. The van der Waals surface area contributed by atoms with Crippen LogP contribution in [-0.4, -0.2) is 22.5 Å². The molecule has 1 heterocycles. The van der Waals surface area contributed by atoms with Crippen LogP contribution in [0.2, 0.25) is 0 Å². The smallest absolute Gasteiger partial charge is 0.256 e. The Bertz CT molecular complexity index is 308. The van der Waals surface area contributed by atoms with Gasteiger partial charge in [0.05, 0.1) is 12.2 Å². The van der Waals surface area contributed by atoms with Crippen molar-refractivity contribution in [1.82, 2.24) is 9.55 Å². The van der Waals surface area contributed by atoms with E-state index in [0.29, 0.717) is 11.9 Å². The predicted octanol–water partition coefficient (Wildman–Crippen LogP) is 2.52. The molecule has 0 atom stereocenters. The quantitative estimate of drug-likeness (QED) is 0.821. The summed E-state index contributed by atoms with van der Waals surface area (Å²) in [7, 11) is 0. The summed E-state index contributed by atoms with van der Waals surface area (Å²) in [6, 6.07) is 0. The van der Waals surface area contributed by atoms with Crippen LogP contribution in [0.5, 0.6) is 0 Å². The molecule has 0 radical (unpaired) electrons. The van der Waals surface area contributed by atoms with E-state index in [9.17, 15) is 8.78 Å². The maximum Gasteiger partial charge on any atom is 0.256 e. The molecule has 0 aliphatic rings. The third-order valence-corrected chi connectivity index (χ3v) is 1.90. The van der Waals surface area contributed by atoms with Crippen LogP contribution < -0.4 is 5.32 Å². The van der Waals surface area contributed by atoms with E-state index in [2.05, 4.69) is 24.1 Å². The lowest BCUT2D eigenvalue weighted by molar-refractivity contribution is 0.127. The molecule has 0 saturated carbocycles. The topological polar surface area (TPSA) is 29.9 Å². The zero-order chi connectivity index (χ0) is 11.4. The van der Waals surface area contributed by atoms with Gasteiger partial charge in [0.1, 0.15) is 0 Å². The molecule has 0 aliphatic carbocycles. The second-order valence-corrected chi connectivity index (χ2v) is 4.02. The first-order valence-corrected chi connectivity index (χ1v) is 5.05. The first-order chi connectivity index (χ1) is 6.99. The SMILES string of the molecule is Cc1cn(CC(F)F)c(NCC(C)C)n1. The molecule has 0 spiro atoms. The molecule has 0 aromatic carbocycles. The summed E-state index contributed by atoms with van der Waals surface area (Å²) in [5.74, 6) is 0.989. The molecule has 1 aromatic rings. The fraction of sp³-hybridized carbons (Fsp3) is 0.700. The van der Waals surface area contributed by atoms with E-state index in [4.69, 9.17) is 0 Å². The molecular formula is C10H17F2N3. The predicted molar refractivity (Wildman–Crippen MR) is 56.3 cm³/mol. The lowest BCUT2D eigenvalue weighted by atomic mass is 10.2. The zero-order valence-electron chi connectivity index (χ0n) is 9.30. The summed E-state index contributed by atoms with van der Waals surface area (Å²) in [6.07, 6.45) is -0.715. The van der Waals surface area contributed by atoms with Crippen LogP contribution in [0.3, 0.4) is 0 Å². The van der Waals surface area contributed by atoms with Crippen LogP contribution in [0.25, 0.3) is 0 Å². The molecule has 1 N–H and O–H groups in total. The molecule has 0 amide bonds.